The second-order valence-electron chi connectivity index (χ2n) is 14.5. The molecule has 52 heavy (non-hydrogen) atoms. The molecule has 1 aliphatic heterocycles. The Morgan fingerprint density at radius 2 is 1.85 bits per heavy atom. The van der Waals surface area contributed by atoms with Gasteiger partial charge in [0, 0.05) is 31.1 Å². The molecule has 1 fully saturated rings. The van der Waals surface area contributed by atoms with Gasteiger partial charge in [-0.3, -0.25) is 24.5 Å². The zero-order valence-electron chi connectivity index (χ0n) is 33.1. The number of hydrogen-bond donors (Lipinski definition) is 2. The number of fused-ring (bicyclic) bond motifs is 1. The summed E-state index contributed by atoms with van der Waals surface area (Å²) in [6, 6.07) is 7.81. The molecule has 16 heteroatoms. The average Bonchev–Trinajstić information content (AvgIpc) is 3.67. The first kappa shape index (κ1) is 40.9. The van der Waals surface area contributed by atoms with Gasteiger partial charge in [0.25, 0.3) is 20.0 Å². The van der Waals surface area contributed by atoms with Crippen LogP contribution in [0.25, 0.3) is 11.2 Å². The van der Waals surface area contributed by atoms with E-state index in [1.54, 1.807) is 11.7 Å². The summed E-state index contributed by atoms with van der Waals surface area (Å²) in [5.74, 6) is 1.39. The fourth-order valence-electron chi connectivity index (χ4n) is 5.60. The maximum atomic E-state index is 13.1. The van der Waals surface area contributed by atoms with Crippen molar-refractivity contribution in [2.24, 2.45) is 0 Å². The molecule has 1 aromatic carbocycles. The van der Waals surface area contributed by atoms with Gasteiger partial charge in [0.1, 0.15) is 18.0 Å². The number of hydrogen-bond acceptors (Lipinski definition) is 12. The van der Waals surface area contributed by atoms with Gasteiger partial charge in [0.2, 0.25) is 5.95 Å². The fourth-order valence-corrected chi connectivity index (χ4v) is 9.83. The Morgan fingerprint density at radius 3 is 2.46 bits per heavy atom. The van der Waals surface area contributed by atoms with Gasteiger partial charge in [0.05, 0.1) is 19.0 Å². The molecule has 0 radical (unpaired) electrons. The lowest BCUT2D eigenvalue weighted by Crippen LogP contribution is -2.39. The molecule has 1 saturated heterocycles. The Morgan fingerprint density at radius 1 is 1.13 bits per heavy atom. The second kappa shape index (κ2) is 19.4. The highest BCUT2D eigenvalue weighted by atomic mass is 33.1. The maximum Gasteiger partial charge on any atom is 0.280 e. The third-order valence-corrected chi connectivity index (χ3v) is 13.6. The van der Waals surface area contributed by atoms with E-state index in [9.17, 15) is 9.59 Å². The summed E-state index contributed by atoms with van der Waals surface area (Å²) < 4.78 is 43.8. The number of anilines is 1. The molecular formula is C36H57N6O7PS2. The molecule has 3 aromatic rings. The molecule has 290 valence electrons. The number of rotatable bonds is 19. The van der Waals surface area contributed by atoms with Crippen LogP contribution in [-0.2, 0) is 23.3 Å². The van der Waals surface area contributed by atoms with Gasteiger partial charge in [0.15, 0.2) is 24.0 Å². The average molecular weight is 782 g/mol. The topological polar surface area (TPSA) is 142 Å². The molecule has 2 unspecified atom stereocenters. The highest BCUT2D eigenvalue weighted by Crippen LogP contribution is 2.50. The summed E-state index contributed by atoms with van der Waals surface area (Å²) in [5, 5.41) is 2.62. The van der Waals surface area contributed by atoms with Crippen LogP contribution >= 0.6 is 30.1 Å². The van der Waals surface area contributed by atoms with Crippen LogP contribution in [0.2, 0.25) is 0 Å². The van der Waals surface area contributed by atoms with Crippen LogP contribution in [0.4, 0.5) is 5.95 Å². The minimum absolute atomic E-state index is 0.0603. The van der Waals surface area contributed by atoms with Gasteiger partial charge in [-0.25, -0.2) is 9.65 Å². The van der Waals surface area contributed by atoms with Gasteiger partial charge in [-0.1, -0.05) is 68.3 Å². The Hall–Kier alpha value is -2.23. The van der Waals surface area contributed by atoms with Crippen LogP contribution in [-0.4, -0.2) is 91.3 Å². The fraction of sp³-hybridized carbons (Fsp3) is 0.667. The first-order valence-corrected chi connectivity index (χ1v) is 21.2. The minimum atomic E-state index is -1.56. The lowest BCUT2D eigenvalue weighted by molar-refractivity contribution is -0.118. The molecule has 5 atom stereocenters. The van der Waals surface area contributed by atoms with Crippen molar-refractivity contribution in [2.45, 2.75) is 129 Å². The molecule has 2 aromatic heterocycles. The van der Waals surface area contributed by atoms with Crippen molar-refractivity contribution in [3.8, 4) is 5.75 Å². The Labute approximate surface area is 318 Å². The zero-order chi connectivity index (χ0) is 38.9. The van der Waals surface area contributed by atoms with Crippen molar-refractivity contribution in [3.63, 3.8) is 0 Å². The lowest BCUT2D eigenvalue weighted by Gasteiger charge is -2.38. The second-order valence-corrected chi connectivity index (χ2v) is 19.1. The summed E-state index contributed by atoms with van der Waals surface area (Å²) in [4.78, 5) is 37.3. The van der Waals surface area contributed by atoms with Gasteiger partial charge in [-0.15, -0.1) is 0 Å². The van der Waals surface area contributed by atoms with Gasteiger partial charge in [-0.2, -0.15) is 4.98 Å². The van der Waals surface area contributed by atoms with E-state index in [0.717, 1.165) is 24.2 Å². The van der Waals surface area contributed by atoms with Gasteiger partial charge < -0.3 is 23.3 Å². The van der Waals surface area contributed by atoms with Gasteiger partial charge >= 0.3 is 0 Å². The summed E-state index contributed by atoms with van der Waals surface area (Å²) >= 11 is 0. The molecule has 1 aliphatic rings. The van der Waals surface area contributed by atoms with Crippen LogP contribution in [0, 0.1) is 0 Å². The summed E-state index contributed by atoms with van der Waals surface area (Å²) in [5.41, 5.74) is 0.863. The largest absolute Gasteiger partial charge is 0.484 e. The number of carbonyl (C=O) groups excluding carboxylic acids is 1. The number of ether oxygens (including phenoxy) is 3. The van der Waals surface area contributed by atoms with Crippen molar-refractivity contribution in [2.75, 3.05) is 31.4 Å². The van der Waals surface area contributed by atoms with Crippen LogP contribution in [0.15, 0.2) is 35.4 Å². The summed E-state index contributed by atoms with van der Waals surface area (Å²) in [6.07, 6.45) is 0.493. The molecule has 0 aliphatic carbocycles. The highest BCUT2D eigenvalue weighted by molar-refractivity contribution is 8.77. The number of imidazole rings is 1. The monoisotopic (exact) mass is 781 g/mol. The van der Waals surface area contributed by atoms with Crippen molar-refractivity contribution in [1.29, 1.82) is 0 Å². The summed E-state index contributed by atoms with van der Waals surface area (Å²) in [6.45, 7) is 19.4. The third kappa shape index (κ3) is 11.6. The van der Waals surface area contributed by atoms with Crippen molar-refractivity contribution in [3.05, 3.63) is 46.5 Å². The van der Waals surface area contributed by atoms with Gasteiger partial charge in [-0.05, 0) is 71.1 Å². The predicted octanol–water partition coefficient (Wildman–Crippen LogP) is 7.90. The van der Waals surface area contributed by atoms with Crippen LogP contribution in [0.3, 0.4) is 0 Å². The number of methoxy groups -OCH3 is 1. The number of H-pyrrole nitrogens is 1. The molecule has 2 N–H and O–H groups in total. The molecule has 1 amide bonds. The van der Waals surface area contributed by atoms with E-state index in [1.807, 2.05) is 45.9 Å². The molecule has 0 bridgehead atoms. The number of carbonyl (C=O) groups is 1. The Balaban J connectivity index is 1.49. The van der Waals surface area contributed by atoms with E-state index < -0.39 is 44.5 Å². The molecule has 4 rings (SSSR count). The molecule has 3 heterocycles. The first-order valence-electron chi connectivity index (χ1n) is 18.5. The third-order valence-electron chi connectivity index (χ3n) is 8.03. The molecule has 0 spiro atoms. The van der Waals surface area contributed by atoms with Crippen molar-refractivity contribution >= 4 is 53.1 Å². The van der Waals surface area contributed by atoms with E-state index in [2.05, 4.69) is 87.3 Å². The van der Waals surface area contributed by atoms with E-state index in [-0.39, 0.29) is 47.4 Å². The molecule has 0 saturated carbocycles. The number of amides is 1. The lowest BCUT2D eigenvalue weighted by atomic mass is 10.0. The highest BCUT2D eigenvalue weighted by Gasteiger charge is 2.48. The smallest absolute Gasteiger partial charge is 0.280 e. The number of unbranched alkanes of at least 4 members (excludes halogenated alkanes) is 1. The van der Waals surface area contributed by atoms with Crippen molar-refractivity contribution < 1.29 is 29.4 Å². The standard InChI is InChI=1S/C36H57N6O7PS2/c1-22(2)26-14-16-27(17-15-26)46-20-28(43)38-35-39-32-29(33(44)40-35)37-21-41(32)34-31(45-11)30(25(7)48-34)49-50(42(23(3)4)24(5)6)47-18-12-13-19-51-52-36(8,9)10/h14-17,21-25,30-31,34H,12-13,18-20H2,1-11H3,(H2,38,39,40,43,44)/t25-,30+,31?,34-,50?/m1/s1/i7D. The number of aromatic nitrogens is 4. The van der Waals surface area contributed by atoms with E-state index in [4.69, 9.17) is 24.6 Å². The van der Waals surface area contributed by atoms with Crippen LogP contribution in [0.5, 0.6) is 5.75 Å². The Kier molecular flexibility index (Phi) is 15.3. The number of nitrogens with one attached hydrogen (secondary N) is 2. The van der Waals surface area contributed by atoms with Crippen LogP contribution in [0.1, 0.15) is 101 Å². The number of aromatic amines is 1. The Bertz CT molecular complexity index is 1650. The first-order chi connectivity index (χ1) is 25.1. The minimum Gasteiger partial charge on any atom is -0.484 e. The van der Waals surface area contributed by atoms with Crippen molar-refractivity contribution in [1.82, 2.24) is 24.2 Å². The van der Waals surface area contributed by atoms with E-state index in [0.29, 0.717) is 18.3 Å². The molecular weight excluding hydrogens is 724 g/mol. The maximum absolute atomic E-state index is 13.1. The summed E-state index contributed by atoms with van der Waals surface area (Å²) in [7, 11) is 3.78. The number of benzene rings is 1. The van der Waals surface area contributed by atoms with E-state index in [1.165, 1.54) is 6.33 Å². The SMILES string of the molecule is [2H]C[C@H]1O[C@@H](n2cnc3c(=O)[nH]c(NC(=O)COc4ccc(C(C)C)cc4)nc32)C(OC)[C@H]1OP(OCCCCSSC(C)(C)C)N(C(C)C)C(C)C. The predicted molar refractivity (Wildman–Crippen MR) is 212 cm³/mol. The quantitative estimate of drug-likeness (QED) is 0.0694. The number of nitrogens with zero attached hydrogens (tertiary/aromatic N) is 4. The molecule has 13 nitrogen and oxygen atoms in total. The normalized spacial score (nSPS) is 20.4. The zero-order valence-corrected chi connectivity index (χ0v) is 34.6. The van der Waals surface area contributed by atoms with E-state index >= 15 is 0 Å². The van der Waals surface area contributed by atoms with Crippen LogP contribution < -0.4 is 15.6 Å².